The molecule has 0 aromatic carbocycles. The highest BCUT2D eigenvalue weighted by molar-refractivity contribution is 4.88. The van der Waals surface area contributed by atoms with Crippen LogP contribution in [0.4, 0.5) is 0 Å². The number of hydrogen-bond acceptors (Lipinski definition) is 2. The van der Waals surface area contributed by atoms with E-state index < -0.39 is 0 Å². The normalized spacial score (nSPS) is 52.0. The van der Waals surface area contributed by atoms with E-state index in [0.29, 0.717) is 11.8 Å². The van der Waals surface area contributed by atoms with Crippen LogP contribution in [-0.4, -0.2) is 17.3 Å². The molecule has 0 heterocycles. The highest BCUT2D eigenvalue weighted by Crippen LogP contribution is 2.29. The van der Waals surface area contributed by atoms with Gasteiger partial charge in [-0.2, -0.15) is 0 Å². The van der Waals surface area contributed by atoms with Crippen molar-refractivity contribution < 1.29 is 5.11 Å². The van der Waals surface area contributed by atoms with Crippen molar-refractivity contribution in [1.82, 2.24) is 0 Å². The van der Waals surface area contributed by atoms with Crippen molar-refractivity contribution in [2.45, 2.75) is 32.4 Å². The smallest absolute Gasteiger partial charge is 0.0583 e. The van der Waals surface area contributed by atoms with Crippen molar-refractivity contribution in [3.8, 4) is 0 Å². The summed E-state index contributed by atoms with van der Waals surface area (Å²) in [5.74, 6) is 0.875. The molecular formula is C7H15NO. The van der Waals surface area contributed by atoms with Gasteiger partial charge in [-0.1, -0.05) is 13.8 Å². The zero-order valence-electron chi connectivity index (χ0n) is 6.04. The van der Waals surface area contributed by atoms with Crippen molar-refractivity contribution in [2.75, 3.05) is 0 Å². The van der Waals surface area contributed by atoms with Crippen LogP contribution in [0.15, 0.2) is 0 Å². The number of nitrogens with two attached hydrogens (primary N) is 1. The fraction of sp³-hybridized carbons (Fsp3) is 1.00. The average Bonchev–Trinajstić information content (AvgIpc) is 1.98. The third kappa shape index (κ3) is 1.10. The molecule has 2 heteroatoms. The maximum absolute atomic E-state index is 9.26. The Hall–Kier alpha value is -0.0800. The van der Waals surface area contributed by atoms with Gasteiger partial charge in [-0.25, -0.2) is 0 Å². The molecule has 54 valence electrons. The van der Waals surface area contributed by atoms with Crippen molar-refractivity contribution in [3.63, 3.8) is 0 Å². The lowest BCUT2D eigenvalue weighted by Crippen LogP contribution is -2.24. The monoisotopic (exact) mass is 129 g/mol. The Morgan fingerprint density at radius 1 is 1.33 bits per heavy atom. The van der Waals surface area contributed by atoms with Gasteiger partial charge in [0.25, 0.3) is 0 Å². The van der Waals surface area contributed by atoms with Gasteiger partial charge in [-0.05, 0) is 18.3 Å². The van der Waals surface area contributed by atoms with Gasteiger partial charge in [0.05, 0.1) is 6.10 Å². The molecule has 3 N–H and O–H groups in total. The van der Waals surface area contributed by atoms with E-state index in [-0.39, 0.29) is 12.1 Å². The number of hydrogen-bond donors (Lipinski definition) is 2. The molecule has 0 amide bonds. The van der Waals surface area contributed by atoms with Crippen molar-refractivity contribution in [3.05, 3.63) is 0 Å². The third-order valence-electron chi connectivity index (χ3n) is 2.63. The largest absolute Gasteiger partial charge is 0.393 e. The van der Waals surface area contributed by atoms with E-state index in [1.54, 1.807) is 0 Å². The van der Waals surface area contributed by atoms with Crippen LogP contribution in [-0.2, 0) is 0 Å². The number of aliphatic hydroxyl groups is 1. The van der Waals surface area contributed by atoms with Gasteiger partial charge >= 0.3 is 0 Å². The molecule has 0 aromatic heterocycles. The topological polar surface area (TPSA) is 46.2 Å². The molecule has 0 spiro atoms. The molecule has 0 aromatic rings. The van der Waals surface area contributed by atoms with Crippen LogP contribution in [0.25, 0.3) is 0 Å². The fourth-order valence-electron chi connectivity index (χ4n) is 1.45. The standard InChI is InChI=1S/C7H15NO/c1-4-5(2)7(9)3-6(4)8/h4-7,9H,3,8H2,1-2H3/t4-,5+,6-,7+/m1/s1. The molecule has 1 aliphatic rings. The van der Waals surface area contributed by atoms with Crippen molar-refractivity contribution in [1.29, 1.82) is 0 Å². The van der Waals surface area contributed by atoms with Crippen LogP contribution < -0.4 is 5.73 Å². The summed E-state index contributed by atoms with van der Waals surface area (Å²) < 4.78 is 0. The average molecular weight is 129 g/mol. The van der Waals surface area contributed by atoms with Gasteiger partial charge in [0.2, 0.25) is 0 Å². The second kappa shape index (κ2) is 2.27. The summed E-state index contributed by atoms with van der Waals surface area (Å²) in [5.41, 5.74) is 5.70. The summed E-state index contributed by atoms with van der Waals surface area (Å²) in [6.45, 7) is 4.16. The van der Waals surface area contributed by atoms with Gasteiger partial charge in [-0.3, -0.25) is 0 Å². The molecule has 1 aliphatic carbocycles. The molecule has 0 saturated heterocycles. The summed E-state index contributed by atoms with van der Waals surface area (Å²) in [5, 5.41) is 9.26. The third-order valence-corrected chi connectivity index (χ3v) is 2.63. The number of aliphatic hydroxyl groups excluding tert-OH is 1. The molecule has 9 heavy (non-hydrogen) atoms. The minimum absolute atomic E-state index is 0.157. The first-order valence-electron chi connectivity index (χ1n) is 3.56. The molecule has 2 nitrogen and oxygen atoms in total. The minimum Gasteiger partial charge on any atom is -0.393 e. The highest BCUT2D eigenvalue weighted by atomic mass is 16.3. The van der Waals surface area contributed by atoms with Crippen LogP contribution >= 0.6 is 0 Å². The lowest BCUT2D eigenvalue weighted by Gasteiger charge is -2.13. The summed E-state index contributed by atoms with van der Waals surface area (Å²) in [6.07, 6.45) is 0.623. The van der Waals surface area contributed by atoms with E-state index in [0.717, 1.165) is 6.42 Å². The zero-order chi connectivity index (χ0) is 7.02. The Balaban J connectivity index is 2.54. The van der Waals surface area contributed by atoms with E-state index in [9.17, 15) is 5.11 Å². The van der Waals surface area contributed by atoms with E-state index >= 15 is 0 Å². The van der Waals surface area contributed by atoms with Gasteiger partial charge in [0.1, 0.15) is 0 Å². The predicted octanol–water partition coefficient (Wildman–Crippen LogP) is 0.350. The van der Waals surface area contributed by atoms with E-state index in [1.807, 2.05) is 0 Å². The van der Waals surface area contributed by atoms with Crippen LogP contribution in [0, 0.1) is 11.8 Å². The van der Waals surface area contributed by atoms with Crippen LogP contribution in [0.3, 0.4) is 0 Å². The first-order chi connectivity index (χ1) is 4.13. The van der Waals surface area contributed by atoms with Crippen LogP contribution in [0.5, 0.6) is 0 Å². The first kappa shape index (κ1) is 7.03. The second-order valence-electron chi connectivity index (χ2n) is 3.19. The van der Waals surface area contributed by atoms with Crippen LogP contribution in [0.1, 0.15) is 20.3 Å². The maximum Gasteiger partial charge on any atom is 0.0583 e. The molecule has 0 unspecified atom stereocenters. The molecule has 1 rings (SSSR count). The molecule has 1 saturated carbocycles. The van der Waals surface area contributed by atoms with Gasteiger partial charge in [-0.15, -0.1) is 0 Å². The summed E-state index contributed by atoms with van der Waals surface area (Å²) in [4.78, 5) is 0. The predicted molar refractivity (Wildman–Crippen MR) is 36.9 cm³/mol. The molecule has 0 bridgehead atoms. The first-order valence-corrected chi connectivity index (χ1v) is 3.56. The van der Waals surface area contributed by atoms with Gasteiger partial charge in [0, 0.05) is 6.04 Å². The van der Waals surface area contributed by atoms with E-state index in [4.69, 9.17) is 5.73 Å². The summed E-state index contributed by atoms with van der Waals surface area (Å²) in [6, 6.07) is 0.218. The number of rotatable bonds is 0. The Bertz CT molecular complexity index is 93.1. The van der Waals surface area contributed by atoms with Crippen molar-refractivity contribution >= 4 is 0 Å². The van der Waals surface area contributed by atoms with Gasteiger partial charge in [0.15, 0.2) is 0 Å². The molecule has 4 atom stereocenters. The molecular weight excluding hydrogens is 114 g/mol. The van der Waals surface area contributed by atoms with Crippen LogP contribution in [0.2, 0.25) is 0 Å². The minimum atomic E-state index is -0.157. The highest BCUT2D eigenvalue weighted by Gasteiger charge is 2.34. The lowest BCUT2D eigenvalue weighted by atomic mass is 9.97. The zero-order valence-corrected chi connectivity index (χ0v) is 6.04. The fourth-order valence-corrected chi connectivity index (χ4v) is 1.45. The lowest BCUT2D eigenvalue weighted by molar-refractivity contribution is 0.130. The Labute approximate surface area is 56.1 Å². The quantitative estimate of drug-likeness (QED) is 0.496. The Morgan fingerprint density at radius 2 is 1.89 bits per heavy atom. The molecule has 0 radical (unpaired) electrons. The van der Waals surface area contributed by atoms with Crippen molar-refractivity contribution in [2.24, 2.45) is 17.6 Å². The Kier molecular flexibility index (Phi) is 1.78. The summed E-state index contributed by atoms with van der Waals surface area (Å²) in [7, 11) is 0. The van der Waals surface area contributed by atoms with E-state index in [1.165, 1.54) is 0 Å². The molecule has 0 aliphatic heterocycles. The van der Waals surface area contributed by atoms with Gasteiger partial charge < -0.3 is 10.8 Å². The Morgan fingerprint density at radius 3 is 2.00 bits per heavy atom. The maximum atomic E-state index is 9.26. The second-order valence-corrected chi connectivity index (χ2v) is 3.19. The SMILES string of the molecule is C[C@@H]1[C@H](C)[C@@H](O)C[C@H]1N. The summed E-state index contributed by atoms with van der Waals surface area (Å²) >= 11 is 0. The molecule has 1 fully saturated rings. The van der Waals surface area contributed by atoms with E-state index in [2.05, 4.69) is 13.8 Å².